The lowest BCUT2D eigenvalue weighted by atomic mass is 10.2. The summed E-state index contributed by atoms with van der Waals surface area (Å²) < 4.78 is 30.1. The number of anilines is 1. The van der Waals surface area contributed by atoms with E-state index in [1.54, 1.807) is 6.07 Å². The quantitative estimate of drug-likeness (QED) is 0.750. The molecule has 1 aromatic carbocycles. The van der Waals surface area contributed by atoms with Crippen LogP contribution in [0.25, 0.3) is 0 Å². The molecule has 14 heavy (non-hydrogen) atoms. The number of hydrogen-bond acceptors (Lipinski definition) is 2. The highest BCUT2D eigenvalue weighted by molar-refractivity contribution is 5.58. The molecule has 1 aromatic rings. The van der Waals surface area contributed by atoms with E-state index in [0.29, 0.717) is 12.4 Å². The van der Waals surface area contributed by atoms with Crippen molar-refractivity contribution in [2.24, 2.45) is 0 Å². The van der Waals surface area contributed by atoms with Gasteiger partial charge in [-0.2, -0.15) is 0 Å². The van der Waals surface area contributed by atoms with E-state index in [1.807, 2.05) is 0 Å². The Labute approximate surface area is 80.9 Å². The first kappa shape index (κ1) is 9.24. The Balaban J connectivity index is 2.32. The number of alkyl halides is 2. The van der Waals surface area contributed by atoms with Crippen molar-refractivity contribution in [1.82, 2.24) is 0 Å². The van der Waals surface area contributed by atoms with E-state index >= 15 is 0 Å². The topological polar surface area (TPSA) is 21.3 Å². The predicted molar refractivity (Wildman–Crippen MR) is 50.0 cm³/mol. The van der Waals surface area contributed by atoms with Crippen molar-refractivity contribution in [2.45, 2.75) is 12.8 Å². The van der Waals surface area contributed by atoms with E-state index in [2.05, 4.69) is 5.32 Å². The van der Waals surface area contributed by atoms with Crippen molar-refractivity contribution >= 4 is 5.69 Å². The average Bonchev–Trinajstić information content (AvgIpc) is 2.41. The Morgan fingerprint density at radius 2 is 2.21 bits per heavy atom. The zero-order valence-corrected chi connectivity index (χ0v) is 7.59. The van der Waals surface area contributed by atoms with Gasteiger partial charge in [0.05, 0.1) is 12.3 Å². The number of hydrogen-bond donors (Lipinski definition) is 1. The van der Waals surface area contributed by atoms with Gasteiger partial charge in [0.25, 0.3) is 6.43 Å². The minimum atomic E-state index is -2.44. The largest absolute Gasteiger partial charge is 0.491 e. The summed E-state index contributed by atoms with van der Waals surface area (Å²) in [7, 11) is 0. The molecule has 0 bridgehead atoms. The summed E-state index contributed by atoms with van der Waals surface area (Å²) in [6.07, 6.45) is -1.55. The van der Waals surface area contributed by atoms with Crippen molar-refractivity contribution < 1.29 is 13.5 Å². The van der Waals surface area contributed by atoms with Gasteiger partial charge >= 0.3 is 0 Å². The molecule has 1 aliphatic rings. The van der Waals surface area contributed by atoms with Crippen molar-refractivity contribution in [3.63, 3.8) is 0 Å². The molecule has 1 N–H and O–H groups in total. The van der Waals surface area contributed by atoms with Gasteiger partial charge in [0, 0.05) is 12.1 Å². The van der Waals surface area contributed by atoms with Crippen molar-refractivity contribution in [3.05, 3.63) is 23.8 Å². The standard InChI is InChI=1S/C10H11F2NO/c11-10(12)7-2-3-8-9(6-7)14-5-1-4-13-8/h2-3,6,10,13H,1,4-5H2. The maximum atomic E-state index is 12.4. The third-order valence-corrected chi connectivity index (χ3v) is 2.15. The highest BCUT2D eigenvalue weighted by atomic mass is 19.3. The molecule has 1 aliphatic heterocycles. The van der Waals surface area contributed by atoms with E-state index in [-0.39, 0.29) is 5.56 Å². The molecule has 76 valence electrons. The molecule has 2 rings (SSSR count). The molecule has 1 heterocycles. The second kappa shape index (κ2) is 3.82. The van der Waals surface area contributed by atoms with Crippen LogP contribution in [0.1, 0.15) is 18.4 Å². The molecular weight excluding hydrogens is 188 g/mol. The molecule has 0 amide bonds. The highest BCUT2D eigenvalue weighted by Gasteiger charge is 2.13. The van der Waals surface area contributed by atoms with Gasteiger partial charge in [-0.05, 0) is 18.6 Å². The van der Waals surface area contributed by atoms with Crippen LogP contribution in [-0.4, -0.2) is 13.2 Å². The molecule has 0 atom stereocenters. The second-order valence-electron chi connectivity index (χ2n) is 3.19. The van der Waals surface area contributed by atoms with Crippen LogP contribution in [0.5, 0.6) is 5.75 Å². The molecule has 0 fully saturated rings. The zero-order valence-electron chi connectivity index (χ0n) is 7.59. The number of rotatable bonds is 1. The van der Waals surface area contributed by atoms with Crippen LogP contribution in [0, 0.1) is 0 Å². The lowest BCUT2D eigenvalue weighted by Gasteiger charge is -2.09. The zero-order chi connectivity index (χ0) is 9.97. The molecule has 4 heteroatoms. The van der Waals surface area contributed by atoms with Crippen molar-refractivity contribution in [2.75, 3.05) is 18.5 Å². The number of fused-ring (bicyclic) bond motifs is 1. The van der Waals surface area contributed by atoms with Crippen LogP contribution < -0.4 is 10.1 Å². The fraction of sp³-hybridized carbons (Fsp3) is 0.400. The van der Waals surface area contributed by atoms with Gasteiger partial charge in [-0.15, -0.1) is 0 Å². The molecule has 0 unspecified atom stereocenters. The monoisotopic (exact) mass is 199 g/mol. The first-order valence-corrected chi connectivity index (χ1v) is 4.56. The molecule has 0 aliphatic carbocycles. The van der Waals surface area contributed by atoms with E-state index in [0.717, 1.165) is 18.7 Å². The molecule has 2 nitrogen and oxygen atoms in total. The Kier molecular flexibility index (Phi) is 2.52. The Morgan fingerprint density at radius 1 is 1.36 bits per heavy atom. The molecule has 0 spiro atoms. The van der Waals surface area contributed by atoms with Gasteiger partial charge in [-0.3, -0.25) is 0 Å². The van der Waals surface area contributed by atoms with Gasteiger partial charge in [-0.1, -0.05) is 6.07 Å². The van der Waals surface area contributed by atoms with Crippen LogP contribution in [-0.2, 0) is 0 Å². The average molecular weight is 199 g/mol. The normalized spacial score (nSPS) is 15.4. The first-order valence-electron chi connectivity index (χ1n) is 4.56. The predicted octanol–water partition coefficient (Wildman–Crippen LogP) is 2.82. The number of benzene rings is 1. The second-order valence-corrected chi connectivity index (χ2v) is 3.19. The van der Waals surface area contributed by atoms with Gasteiger partial charge in [0.15, 0.2) is 0 Å². The lowest BCUT2D eigenvalue weighted by molar-refractivity contribution is 0.151. The van der Waals surface area contributed by atoms with Gasteiger partial charge in [-0.25, -0.2) is 8.78 Å². The third kappa shape index (κ3) is 1.78. The van der Waals surface area contributed by atoms with E-state index < -0.39 is 6.43 Å². The summed E-state index contributed by atoms with van der Waals surface area (Å²) in [6, 6.07) is 4.46. The smallest absolute Gasteiger partial charge is 0.263 e. The van der Waals surface area contributed by atoms with E-state index in [1.165, 1.54) is 12.1 Å². The van der Waals surface area contributed by atoms with Gasteiger partial charge in [0.2, 0.25) is 0 Å². The van der Waals surface area contributed by atoms with Crippen LogP contribution in [0.4, 0.5) is 14.5 Å². The number of halogens is 2. The fourth-order valence-electron chi connectivity index (χ4n) is 1.42. The minimum Gasteiger partial charge on any atom is -0.491 e. The van der Waals surface area contributed by atoms with Crippen LogP contribution in [0.15, 0.2) is 18.2 Å². The summed E-state index contributed by atoms with van der Waals surface area (Å²) in [5.74, 6) is 0.528. The van der Waals surface area contributed by atoms with Crippen LogP contribution in [0.3, 0.4) is 0 Å². The summed E-state index contributed by atoms with van der Waals surface area (Å²) >= 11 is 0. The Hall–Kier alpha value is -1.32. The molecular formula is C10H11F2NO. The van der Waals surface area contributed by atoms with Gasteiger partial charge < -0.3 is 10.1 Å². The van der Waals surface area contributed by atoms with E-state index in [9.17, 15) is 8.78 Å². The van der Waals surface area contributed by atoms with Crippen molar-refractivity contribution in [3.8, 4) is 5.75 Å². The Morgan fingerprint density at radius 3 is 3.00 bits per heavy atom. The summed E-state index contributed by atoms with van der Waals surface area (Å²) in [6.45, 7) is 1.40. The lowest BCUT2D eigenvalue weighted by Crippen LogP contribution is -1.99. The van der Waals surface area contributed by atoms with Crippen LogP contribution in [0.2, 0.25) is 0 Å². The Bertz CT molecular complexity index is 328. The minimum absolute atomic E-state index is 0.00690. The number of nitrogens with one attached hydrogen (secondary N) is 1. The first-order chi connectivity index (χ1) is 6.77. The molecule has 0 radical (unpaired) electrons. The van der Waals surface area contributed by atoms with E-state index in [4.69, 9.17) is 4.74 Å². The highest BCUT2D eigenvalue weighted by Crippen LogP contribution is 2.31. The van der Waals surface area contributed by atoms with Crippen LogP contribution >= 0.6 is 0 Å². The summed E-state index contributed by atoms with van der Waals surface area (Å²) in [5, 5.41) is 3.12. The molecule has 0 aromatic heterocycles. The summed E-state index contributed by atoms with van der Waals surface area (Å²) in [4.78, 5) is 0. The number of ether oxygens (including phenoxy) is 1. The third-order valence-electron chi connectivity index (χ3n) is 2.15. The molecule has 0 saturated carbocycles. The SMILES string of the molecule is FC(F)c1ccc2c(c1)OCCCN2. The van der Waals surface area contributed by atoms with Crippen molar-refractivity contribution in [1.29, 1.82) is 0 Å². The van der Waals surface area contributed by atoms with Gasteiger partial charge in [0.1, 0.15) is 5.75 Å². The maximum Gasteiger partial charge on any atom is 0.263 e. The molecule has 0 saturated heterocycles. The fourth-order valence-corrected chi connectivity index (χ4v) is 1.42. The summed E-state index contributed by atoms with van der Waals surface area (Å²) in [5.41, 5.74) is 0.805. The maximum absolute atomic E-state index is 12.4.